The number of benzene rings is 1. The Balaban J connectivity index is 2.05. The van der Waals surface area contributed by atoms with Crippen molar-refractivity contribution in [1.29, 1.82) is 0 Å². The number of halogens is 2. The molecule has 0 aliphatic heterocycles. The quantitative estimate of drug-likeness (QED) is 0.677. The van der Waals surface area contributed by atoms with Gasteiger partial charge in [-0.3, -0.25) is 5.43 Å². The number of anilines is 1. The Bertz CT molecular complexity index is 565. The largest absolute Gasteiger partial charge is 0.260 e. The van der Waals surface area contributed by atoms with Gasteiger partial charge in [-0.1, -0.05) is 53.0 Å². The molecule has 3 nitrogen and oxygen atoms in total. The van der Waals surface area contributed by atoms with Crippen molar-refractivity contribution in [3.05, 3.63) is 57.7 Å². The molecule has 5 heteroatoms. The summed E-state index contributed by atoms with van der Waals surface area (Å²) in [7, 11) is 0. The van der Waals surface area contributed by atoms with E-state index in [-0.39, 0.29) is 0 Å². The first-order valence-corrected chi connectivity index (χ1v) is 6.07. The zero-order valence-electron chi connectivity index (χ0n) is 9.69. The number of rotatable bonds is 3. The van der Waals surface area contributed by atoms with Crippen LogP contribution in [0.15, 0.2) is 41.6 Å². The van der Waals surface area contributed by atoms with Crippen LogP contribution >= 0.6 is 23.2 Å². The Morgan fingerprint density at radius 2 is 1.94 bits per heavy atom. The van der Waals surface area contributed by atoms with Crippen LogP contribution in [-0.4, -0.2) is 11.2 Å². The first kappa shape index (κ1) is 12.9. The van der Waals surface area contributed by atoms with Gasteiger partial charge in [-0.25, -0.2) is 4.98 Å². The minimum atomic E-state index is 0.434. The highest BCUT2D eigenvalue weighted by Gasteiger charge is 2.00. The molecule has 0 spiro atoms. The van der Waals surface area contributed by atoms with E-state index in [2.05, 4.69) is 15.5 Å². The Morgan fingerprint density at radius 1 is 1.22 bits per heavy atom. The van der Waals surface area contributed by atoms with E-state index in [9.17, 15) is 0 Å². The average Bonchev–Trinajstić information content (AvgIpc) is 2.34. The van der Waals surface area contributed by atoms with Gasteiger partial charge in [0.1, 0.15) is 0 Å². The highest BCUT2D eigenvalue weighted by atomic mass is 35.5. The van der Waals surface area contributed by atoms with Crippen LogP contribution in [0.3, 0.4) is 0 Å². The molecule has 2 aromatic rings. The zero-order valence-corrected chi connectivity index (χ0v) is 11.2. The molecule has 1 aromatic heterocycles. The molecule has 0 atom stereocenters. The van der Waals surface area contributed by atoms with Crippen molar-refractivity contribution < 1.29 is 0 Å². The lowest BCUT2D eigenvalue weighted by Crippen LogP contribution is -1.94. The van der Waals surface area contributed by atoms with Gasteiger partial charge in [0.15, 0.2) is 5.82 Å². The molecule has 0 saturated carbocycles. The summed E-state index contributed by atoms with van der Waals surface area (Å²) >= 11 is 11.7. The number of nitrogens with zero attached hydrogens (tertiary/aromatic N) is 2. The third-order valence-electron chi connectivity index (χ3n) is 2.27. The summed E-state index contributed by atoms with van der Waals surface area (Å²) in [4.78, 5) is 4.03. The van der Waals surface area contributed by atoms with Crippen molar-refractivity contribution in [1.82, 2.24) is 4.98 Å². The fourth-order valence-electron chi connectivity index (χ4n) is 1.32. The van der Waals surface area contributed by atoms with Gasteiger partial charge < -0.3 is 0 Å². The van der Waals surface area contributed by atoms with Crippen molar-refractivity contribution in [2.24, 2.45) is 5.10 Å². The van der Waals surface area contributed by atoms with Crippen LogP contribution in [0, 0.1) is 6.92 Å². The fraction of sp³-hybridized carbons (Fsp3) is 0.0769. The monoisotopic (exact) mass is 279 g/mol. The van der Waals surface area contributed by atoms with Crippen LogP contribution in [0.2, 0.25) is 10.0 Å². The van der Waals surface area contributed by atoms with Gasteiger partial charge in [0.25, 0.3) is 0 Å². The minimum Gasteiger partial charge on any atom is -0.260 e. The van der Waals surface area contributed by atoms with E-state index in [1.54, 1.807) is 12.3 Å². The third kappa shape index (κ3) is 3.45. The van der Waals surface area contributed by atoms with Crippen LogP contribution in [0.1, 0.15) is 11.1 Å². The average molecular weight is 280 g/mol. The first-order chi connectivity index (χ1) is 8.65. The summed E-state index contributed by atoms with van der Waals surface area (Å²) in [5, 5.41) is 4.99. The number of aryl methyl sites for hydroxylation is 1. The van der Waals surface area contributed by atoms with Crippen molar-refractivity contribution in [3.8, 4) is 0 Å². The van der Waals surface area contributed by atoms with Crippen LogP contribution in [0.25, 0.3) is 0 Å². The SMILES string of the molecule is Cc1ccc(/C=N/Nc2ncc(Cl)cc2Cl)cc1. The summed E-state index contributed by atoms with van der Waals surface area (Å²) in [6.45, 7) is 2.04. The molecule has 1 N–H and O–H groups in total. The smallest absolute Gasteiger partial charge is 0.165 e. The minimum absolute atomic E-state index is 0.434. The summed E-state index contributed by atoms with van der Waals surface area (Å²) in [6.07, 6.45) is 3.21. The van der Waals surface area contributed by atoms with Gasteiger partial charge in [-0.2, -0.15) is 5.10 Å². The lowest BCUT2D eigenvalue weighted by molar-refractivity contribution is 1.23. The molecule has 0 bridgehead atoms. The first-order valence-electron chi connectivity index (χ1n) is 5.32. The highest BCUT2D eigenvalue weighted by Crippen LogP contribution is 2.22. The second-order valence-electron chi connectivity index (χ2n) is 3.76. The number of hydrogen-bond donors (Lipinski definition) is 1. The Morgan fingerprint density at radius 3 is 2.61 bits per heavy atom. The Kier molecular flexibility index (Phi) is 4.18. The van der Waals surface area contributed by atoms with Gasteiger partial charge in [-0.05, 0) is 18.6 Å². The Hall–Kier alpha value is -1.58. The molecule has 0 aliphatic carbocycles. The van der Waals surface area contributed by atoms with E-state index in [0.717, 1.165) is 5.56 Å². The highest BCUT2D eigenvalue weighted by molar-refractivity contribution is 6.35. The molecular formula is C13H11Cl2N3. The molecule has 1 heterocycles. The topological polar surface area (TPSA) is 37.3 Å². The number of aromatic nitrogens is 1. The number of hydrazone groups is 1. The second-order valence-corrected chi connectivity index (χ2v) is 4.61. The van der Waals surface area contributed by atoms with Crippen molar-refractivity contribution in [2.75, 3.05) is 5.43 Å². The standard InChI is InChI=1S/C13H11Cl2N3/c1-9-2-4-10(5-3-9)7-17-18-13-12(15)6-11(14)8-16-13/h2-8H,1H3,(H,16,18)/b17-7+. The molecule has 0 radical (unpaired) electrons. The number of pyridine rings is 1. The van der Waals surface area contributed by atoms with Crippen molar-refractivity contribution in [2.45, 2.75) is 6.92 Å². The lowest BCUT2D eigenvalue weighted by atomic mass is 10.2. The van der Waals surface area contributed by atoms with E-state index >= 15 is 0 Å². The summed E-state index contributed by atoms with van der Waals surface area (Å²) < 4.78 is 0. The lowest BCUT2D eigenvalue weighted by Gasteiger charge is -2.01. The van der Waals surface area contributed by atoms with Gasteiger partial charge >= 0.3 is 0 Å². The maximum absolute atomic E-state index is 5.95. The molecule has 2 rings (SSSR count). The van der Waals surface area contributed by atoms with Crippen LogP contribution in [0.4, 0.5) is 5.82 Å². The summed E-state index contributed by atoms with van der Waals surface area (Å²) in [6, 6.07) is 9.62. The fourth-order valence-corrected chi connectivity index (χ4v) is 1.74. The van der Waals surface area contributed by atoms with Crippen molar-refractivity contribution >= 4 is 35.2 Å². The molecule has 1 aromatic carbocycles. The molecule has 0 amide bonds. The summed E-state index contributed by atoms with van der Waals surface area (Å²) in [5.41, 5.74) is 4.98. The predicted octanol–water partition coefficient (Wildman–Crippen LogP) is 4.14. The maximum atomic E-state index is 5.95. The zero-order chi connectivity index (χ0) is 13.0. The van der Waals surface area contributed by atoms with E-state index in [1.165, 1.54) is 11.8 Å². The van der Waals surface area contributed by atoms with Crippen LogP contribution in [0.5, 0.6) is 0 Å². The van der Waals surface area contributed by atoms with E-state index in [4.69, 9.17) is 23.2 Å². The van der Waals surface area contributed by atoms with Crippen molar-refractivity contribution in [3.63, 3.8) is 0 Å². The number of nitrogens with one attached hydrogen (secondary N) is 1. The predicted molar refractivity (Wildman–Crippen MR) is 76.7 cm³/mol. The van der Waals surface area contributed by atoms with Crippen LogP contribution in [-0.2, 0) is 0 Å². The molecule has 0 saturated heterocycles. The Labute approximate surface area is 115 Å². The second kappa shape index (κ2) is 5.85. The molecule has 0 unspecified atom stereocenters. The molecule has 18 heavy (non-hydrogen) atoms. The van der Waals surface area contributed by atoms with E-state index < -0.39 is 0 Å². The van der Waals surface area contributed by atoms with E-state index in [0.29, 0.717) is 15.9 Å². The molecule has 0 fully saturated rings. The number of hydrogen-bond acceptors (Lipinski definition) is 3. The molecular weight excluding hydrogens is 269 g/mol. The van der Waals surface area contributed by atoms with Gasteiger partial charge in [0.2, 0.25) is 0 Å². The normalized spacial score (nSPS) is 10.8. The molecule has 92 valence electrons. The molecule has 0 aliphatic rings. The maximum Gasteiger partial charge on any atom is 0.165 e. The van der Waals surface area contributed by atoms with Crippen LogP contribution < -0.4 is 5.43 Å². The van der Waals surface area contributed by atoms with Gasteiger partial charge in [0.05, 0.1) is 16.3 Å². The van der Waals surface area contributed by atoms with Gasteiger partial charge in [0, 0.05) is 6.20 Å². The van der Waals surface area contributed by atoms with E-state index in [1.807, 2.05) is 31.2 Å². The summed E-state index contributed by atoms with van der Waals surface area (Å²) in [5.74, 6) is 0.476. The third-order valence-corrected chi connectivity index (χ3v) is 2.76. The van der Waals surface area contributed by atoms with Gasteiger partial charge in [-0.15, -0.1) is 0 Å².